The van der Waals surface area contributed by atoms with Gasteiger partial charge in [0.1, 0.15) is 0 Å². The highest BCUT2D eigenvalue weighted by Crippen LogP contribution is 2.25. The van der Waals surface area contributed by atoms with Crippen LogP contribution >= 0.6 is 0 Å². The van der Waals surface area contributed by atoms with Gasteiger partial charge in [-0.15, -0.1) is 0 Å². The predicted molar refractivity (Wildman–Crippen MR) is 88.3 cm³/mol. The molecule has 0 fully saturated rings. The lowest BCUT2D eigenvalue weighted by Crippen LogP contribution is -2.13. The molecule has 104 valence electrons. The van der Waals surface area contributed by atoms with Gasteiger partial charge in [-0.25, -0.2) is 9.38 Å². The van der Waals surface area contributed by atoms with E-state index in [0.717, 1.165) is 27.3 Å². The zero-order valence-electron chi connectivity index (χ0n) is 11.6. The molecule has 4 nitrogen and oxygen atoms in total. The highest BCUT2D eigenvalue weighted by atomic mass is 16.1. The van der Waals surface area contributed by atoms with Gasteiger partial charge in [0.25, 0.3) is 5.56 Å². The number of hydrogen-bond acceptors (Lipinski definition) is 2. The van der Waals surface area contributed by atoms with Crippen LogP contribution in [0.5, 0.6) is 0 Å². The minimum absolute atomic E-state index is 0.0397. The molecule has 4 heteroatoms. The van der Waals surface area contributed by atoms with Crippen molar-refractivity contribution in [1.29, 1.82) is 0 Å². The van der Waals surface area contributed by atoms with Crippen molar-refractivity contribution in [3.05, 3.63) is 71.0 Å². The van der Waals surface area contributed by atoms with Gasteiger partial charge < -0.3 is 4.98 Å². The predicted octanol–water partition coefficient (Wildman–Crippen LogP) is 3.48. The van der Waals surface area contributed by atoms with Crippen LogP contribution in [0.15, 0.2) is 65.5 Å². The van der Waals surface area contributed by atoms with Crippen LogP contribution in [0.1, 0.15) is 0 Å². The van der Waals surface area contributed by atoms with Crippen molar-refractivity contribution < 1.29 is 0 Å². The number of aromatic nitrogens is 3. The molecule has 0 amide bonds. The molecule has 0 atom stereocenters. The zero-order chi connectivity index (χ0) is 14.7. The molecule has 5 rings (SSSR count). The fourth-order valence-electron chi connectivity index (χ4n) is 3.12. The Morgan fingerprint density at radius 1 is 0.864 bits per heavy atom. The molecule has 0 radical (unpaired) electrons. The first kappa shape index (κ1) is 11.5. The fourth-order valence-corrected chi connectivity index (χ4v) is 3.12. The summed E-state index contributed by atoms with van der Waals surface area (Å²) in [6.07, 6.45) is 0. The largest absolute Gasteiger partial charge is 0.324 e. The smallest absolute Gasteiger partial charge is 0.267 e. The van der Waals surface area contributed by atoms with E-state index in [9.17, 15) is 4.79 Å². The molecule has 0 spiro atoms. The molecule has 1 N–H and O–H groups in total. The van der Waals surface area contributed by atoms with Crippen molar-refractivity contribution in [2.45, 2.75) is 0 Å². The van der Waals surface area contributed by atoms with Crippen molar-refractivity contribution in [3.8, 4) is 0 Å². The third-order valence-electron chi connectivity index (χ3n) is 4.16. The minimum Gasteiger partial charge on any atom is -0.324 e. The van der Waals surface area contributed by atoms with Crippen molar-refractivity contribution >= 4 is 38.5 Å². The van der Waals surface area contributed by atoms with Crippen molar-refractivity contribution in [2.75, 3.05) is 0 Å². The Kier molecular flexibility index (Phi) is 2.07. The van der Waals surface area contributed by atoms with Gasteiger partial charge in [-0.3, -0.25) is 4.79 Å². The molecule has 0 saturated carbocycles. The normalized spacial score (nSPS) is 11.8. The van der Waals surface area contributed by atoms with Crippen LogP contribution in [-0.2, 0) is 0 Å². The first-order valence-electron chi connectivity index (χ1n) is 7.14. The van der Waals surface area contributed by atoms with Crippen molar-refractivity contribution in [1.82, 2.24) is 14.4 Å². The van der Waals surface area contributed by atoms with Crippen molar-refractivity contribution in [2.24, 2.45) is 0 Å². The Morgan fingerprint density at radius 2 is 1.64 bits per heavy atom. The van der Waals surface area contributed by atoms with E-state index in [-0.39, 0.29) is 5.56 Å². The maximum Gasteiger partial charge on any atom is 0.267 e. The average Bonchev–Trinajstić information content (AvgIpc) is 2.94. The Balaban J connectivity index is 2.11. The summed E-state index contributed by atoms with van der Waals surface area (Å²) in [5, 5.41) is 2.85. The Hall–Kier alpha value is -3.14. The van der Waals surface area contributed by atoms with Crippen LogP contribution in [0.25, 0.3) is 38.5 Å². The molecule has 0 aliphatic rings. The molecular weight excluding hydrogens is 274 g/mol. The molecule has 0 unspecified atom stereocenters. The van der Waals surface area contributed by atoms with E-state index in [4.69, 9.17) is 0 Å². The second-order valence-corrected chi connectivity index (χ2v) is 5.40. The molecule has 5 aromatic rings. The number of H-pyrrole nitrogens is 1. The van der Waals surface area contributed by atoms with E-state index in [1.807, 2.05) is 54.6 Å². The van der Waals surface area contributed by atoms with Gasteiger partial charge in [-0.2, -0.15) is 0 Å². The quantitative estimate of drug-likeness (QED) is 0.473. The third-order valence-corrected chi connectivity index (χ3v) is 4.16. The van der Waals surface area contributed by atoms with Gasteiger partial charge in [0, 0.05) is 5.39 Å². The summed E-state index contributed by atoms with van der Waals surface area (Å²) in [5.41, 5.74) is 2.45. The van der Waals surface area contributed by atoms with Gasteiger partial charge in [-0.1, -0.05) is 42.5 Å². The Labute approximate surface area is 124 Å². The van der Waals surface area contributed by atoms with Crippen LogP contribution in [-0.4, -0.2) is 14.4 Å². The van der Waals surface area contributed by atoms with E-state index >= 15 is 0 Å². The summed E-state index contributed by atoms with van der Waals surface area (Å²) in [6.45, 7) is 0. The van der Waals surface area contributed by atoms with Gasteiger partial charge in [0.15, 0.2) is 0 Å². The van der Waals surface area contributed by atoms with E-state index < -0.39 is 0 Å². The molecule has 3 aromatic carbocycles. The lowest BCUT2D eigenvalue weighted by Gasteiger charge is -2.00. The van der Waals surface area contributed by atoms with Crippen molar-refractivity contribution in [3.63, 3.8) is 0 Å². The zero-order valence-corrected chi connectivity index (χ0v) is 11.6. The van der Waals surface area contributed by atoms with Gasteiger partial charge >= 0.3 is 0 Å². The molecule has 22 heavy (non-hydrogen) atoms. The van der Waals surface area contributed by atoms with Crippen LogP contribution in [0.2, 0.25) is 0 Å². The minimum atomic E-state index is -0.0397. The number of nitrogens with zero attached hydrogens (tertiary/aromatic N) is 2. The lowest BCUT2D eigenvalue weighted by molar-refractivity contribution is 1.12. The van der Waals surface area contributed by atoms with Crippen LogP contribution < -0.4 is 5.56 Å². The average molecular weight is 285 g/mol. The first-order chi connectivity index (χ1) is 10.8. The standard InChI is InChI=1S/C18H11N3O/c22-17-13-7-3-4-8-14(13)19-18-20-16-12-6-2-1-5-11(12)9-10-15(16)21(17)18/h1-10H,(H,19,20). The van der Waals surface area contributed by atoms with E-state index in [0.29, 0.717) is 11.2 Å². The highest BCUT2D eigenvalue weighted by Gasteiger charge is 2.12. The summed E-state index contributed by atoms with van der Waals surface area (Å²) in [7, 11) is 0. The molecular formula is C18H11N3O. The van der Waals surface area contributed by atoms with Crippen LogP contribution in [0, 0.1) is 0 Å². The van der Waals surface area contributed by atoms with E-state index in [2.05, 4.69) is 16.0 Å². The van der Waals surface area contributed by atoms with E-state index in [1.54, 1.807) is 4.40 Å². The molecule has 0 saturated heterocycles. The maximum absolute atomic E-state index is 12.8. The number of imidazole rings is 1. The second kappa shape index (κ2) is 3.95. The topological polar surface area (TPSA) is 50.2 Å². The molecule has 2 heterocycles. The van der Waals surface area contributed by atoms with Gasteiger partial charge in [-0.05, 0) is 23.6 Å². The third kappa shape index (κ3) is 1.36. The summed E-state index contributed by atoms with van der Waals surface area (Å²) in [4.78, 5) is 20.7. The van der Waals surface area contributed by atoms with Gasteiger partial charge in [0.05, 0.1) is 21.9 Å². The number of nitrogens with one attached hydrogen (secondary N) is 1. The molecule has 0 bridgehead atoms. The summed E-state index contributed by atoms with van der Waals surface area (Å²) < 4.78 is 1.66. The van der Waals surface area contributed by atoms with Crippen LogP contribution in [0.3, 0.4) is 0 Å². The molecule has 0 aliphatic carbocycles. The number of aromatic amines is 1. The second-order valence-electron chi connectivity index (χ2n) is 5.40. The molecule has 2 aromatic heterocycles. The SMILES string of the molecule is O=c1c2ccccc2[nH]c2nc3c4ccccc4ccc3n12. The number of hydrogen-bond donors (Lipinski definition) is 1. The summed E-state index contributed by atoms with van der Waals surface area (Å²) in [6, 6.07) is 19.6. The van der Waals surface area contributed by atoms with Gasteiger partial charge in [0.2, 0.25) is 5.78 Å². The molecule has 0 aliphatic heterocycles. The summed E-state index contributed by atoms with van der Waals surface area (Å²) in [5.74, 6) is 0.579. The number of fused-ring (bicyclic) bond motifs is 6. The summed E-state index contributed by atoms with van der Waals surface area (Å²) >= 11 is 0. The Morgan fingerprint density at radius 3 is 2.55 bits per heavy atom. The fraction of sp³-hybridized carbons (Fsp3) is 0. The maximum atomic E-state index is 12.8. The monoisotopic (exact) mass is 285 g/mol. The highest BCUT2D eigenvalue weighted by molar-refractivity contribution is 6.05. The first-order valence-corrected chi connectivity index (χ1v) is 7.14. The lowest BCUT2D eigenvalue weighted by atomic mass is 10.1. The van der Waals surface area contributed by atoms with E-state index in [1.165, 1.54) is 0 Å². The number of para-hydroxylation sites is 1. The number of rotatable bonds is 0. The van der Waals surface area contributed by atoms with Crippen LogP contribution in [0.4, 0.5) is 0 Å². The Bertz CT molecular complexity index is 1250. The number of benzene rings is 3.